The molecule has 1 N–H and O–H groups in total. The van der Waals surface area contributed by atoms with Crippen molar-refractivity contribution < 1.29 is 13.9 Å². The van der Waals surface area contributed by atoms with Gasteiger partial charge in [-0.15, -0.1) is 12.4 Å². The first-order chi connectivity index (χ1) is 6.68. The Labute approximate surface area is 101 Å². The van der Waals surface area contributed by atoms with Crippen LogP contribution in [0.1, 0.15) is 11.6 Å². The molecule has 0 unspecified atom stereocenters. The summed E-state index contributed by atoms with van der Waals surface area (Å²) < 4.78 is 18.7. The quantitative estimate of drug-likeness (QED) is 0.865. The fourth-order valence-corrected chi connectivity index (χ4v) is 2.00. The molecular formula is C9H8BrClFNO2. The topological polar surface area (TPSA) is 38.3 Å². The van der Waals surface area contributed by atoms with Gasteiger partial charge in [0.15, 0.2) is 0 Å². The Bertz CT molecular complexity index is 368. The van der Waals surface area contributed by atoms with Gasteiger partial charge in [-0.1, -0.05) is 22.0 Å². The van der Waals surface area contributed by atoms with Crippen molar-refractivity contribution in [2.75, 3.05) is 6.61 Å². The van der Waals surface area contributed by atoms with Crippen LogP contribution in [0.25, 0.3) is 0 Å². The molecule has 1 saturated heterocycles. The SMILES string of the molecule is Cl.O=C1N[C@@H](c2c(F)cccc2Br)CO1. The highest BCUT2D eigenvalue weighted by atomic mass is 79.9. The molecule has 82 valence electrons. The summed E-state index contributed by atoms with van der Waals surface area (Å²) in [6.07, 6.45) is -0.509. The van der Waals surface area contributed by atoms with Crippen LogP contribution >= 0.6 is 28.3 Å². The maximum Gasteiger partial charge on any atom is 0.407 e. The summed E-state index contributed by atoms with van der Waals surface area (Å²) in [4.78, 5) is 10.8. The number of rotatable bonds is 1. The highest BCUT2D eigenvalue weighted by molar-refractivity contribution is 9.10. The smallest absolute Gasteiger partial charge is 0.407 e. The molecule has 1 aliphatic rings. The van der Waals surface area contributed by atoms with Crippen LogP contribution < -0.4 is 5.32 Å². The lowest BCUT2D eigenvalue weighted by Crippen LogP contribution is -2.19. The average molecular weight is 297 g/mol. The van der Waals surface area contributed by atoms with Crippen molar-refractivity contribution >= 4 is 34.4 Å². The first kappa shape index (κ1) is 12.3. The Morgan fingerprint density at radius 2 is 2.27 bits per heavy atom. The Morgan fingerprint density at radius 3 is 2.80 bits per heavy atom. The zero-order chi connectivity index (χ0) is 10.1. The number of nitrogens with one attached hydrogen (secondary N) is 1. The Balaban J connectivity index is 0.00000112. The summed E-state index contributed by atoms with van der Waals surface area (Å²) in [7, 11) is 0. The molecule has 1 aliphatic heterocycles. The first-order valence-corrected chi connectivity index (χ1v) is 4.85. The van der Waals surface area contributed by atoms with E-state index in [1.165, 1.54) is 6.07 Å². The molecule has 0 saturated carbocycles. The van der Waals surface area contributed by atoms with E-state index in [1.54, 1.807) is 12.1 Å². The van der Waals surface area contributed by atoms with Gasteiger partial charge in [0.1, 0.15) is 12.4 Å². The van der Waals surface area contributed by atoms with E-state index in [4.69, 9.17) is 4.74 Å². The van der Waals surface area contributed by atoms with Gasteiger partial charge in [-0.3, -0.25) is 0 Å². The van der Waals surface area contributed by atoms with E-state index in [2.05, 4.69) is 21.2 Å². The van der Waals surface area contributed by atoms with Crippen LogP contribution in [0.3, 0.4) is 0 Å². The predicted octanol–water partition coefficient (Wildman–Crippen LogP) is 2.79. The fourth-order valence-electron chi connectivity index (χ4n) is 1.38. The molecule has 6 heteroatoms. The molecular weight excluding hydrogens is 288 g/mol. The molecule has 0 bridgehead atoms. The van der Waals surface area contributed by atoms with Crippen LogP contribution in [-0.4, -0.2) is 12.7 Å². The normalized spacial score (nSPS) is 19.1. The molecule has 1 aromatic carbocycles. The van der Waals surface area contributed by atoms with Crippen molar-refractivity contribution in [3.63, 3.8) is 0 Å². The molecule has 1 heterocycles. The number of benzene rings is 1. The van der Waals surface area contributed by atoms with Crippen molar-refractivity contribution in [2.24, 2.45) is 0 Å². The zero-order valence-electron chi connectivity index (χ0n) is 7.50. The number of amides is 1. The molecule has 0 aliphatic carbocycles. The number of carbonyl (C=O) groups is 1. The van der Waals surface area contributed by atoms with Gasteiger partial charge in [0.05, 0.1) is 6.04 Å². The summed E-state index contributed by atoms with van der Waals surface area (Å²) in [6.45, 7) is 0.165. The maximum absolute atomic E-state index is 13.4. The van der Waals surface area contributed by atoms with Crippen LogP contribution in [0.5, 0.6) is 0 Å². The molecule has 2 rings (SSSR count). The highest BCUT2D eigenvalue weighted by Crippen LogP contribution is 2.28. The minimum absolute atomic E-state index is 0. The molecule has 1 amide bonds. The van der Waals surface area contributed by atoms with Crippen LogP contribution in [0.4, 0.5) is 9.18 Å². The molecule has 1 atom stereocenters. The number of alkyl carbamates (subject to hydrolysis) is 1. The number of hydrogen-bond acceptors (Lipinski definition) is 2. The summed E-state index contributed by atoms with van der Waals surface area (Å²) in [5, 5.41) is 2.52. The molecule has 15 heavy (non-hydrogen) atoms. The lowest BCUT2D eigenvalue weighted by atomic mass is 10.1. The van der Waals surface area contributed by atoms with Crippen LogP contribution in [0.2, 0.25) is 0 Å². The molecule has 3 nitrogen and oxygen atoms in total. The highest BCUT2D eigenvalue weighted by Gasteiger charge is 2.27. The zero-order valence-corrected chi connectivity index (χ0v) is 9.90. The maximum atomic E-state index is 13.4. The third kappa shape index (κ3) is 2.41. The van der Waals surface area contributed by atoms with Crippen LogP contribution in [-0.2, 0) is 4.74 Å². The van der Waals surface area contributed by atoms with Crippen molar-refractivity contribution in [3.05, 3.63) is 34.1 Å². The second-order valence-corrected chi connectivity index (χ2v) is 3.79. The lowest BCUT2D eigenvalue weighted by Gasteiger charge is -2.10. The van der Waals surface area contributed by atoms with Gasteiger partial charge < -0.3 is 10.1 Å². The predicted molar refractivity (Wildman–Crippen MR) is 58.6 cm³/mol. The van der Waals surface area contributed by atoms with E-state index in [-0.39, 0.29) is 24.8 Å². The van der Waals surface area contributed by atoms with Crippen molar-refractivity contribution in [2.45, 2.75) is 6.04 Å². The molecule has 0 aromatic heterocycles. The number of halogens is 3. The van der Waals surface area contributed by atoms with Gasteiger partial charge >= 0.3 is 6.09 Å². The van der Waals surface area contributed by atoms with Crippen molar-refractivity contribution in [1.82, 2.24) is 5.32 Å². The molecule has 0 radical (unpaired) electrons. The number of hydrogen-bond donors (Lipinski definition) is 1. The molecule has 1 fully saturated rings. The number of ether oxygens (including phenoxy) is 1. The third-order valence-electron chi connectivity index (χ3n) is 2.02. The van der Waals surface area contributed by atoms with Gasteiger partial charge in [0, 0.05) is 10.0 Å². The first-order valence-electron chi connectivity index (χ1n) is 4.05. The number of carbonyl (C=O) groups excluding carboxylic acids is 1. The van der Waals surface area contributed by atoms with Gasteiger partial charge in [0.2, 0.25) is 0 Å². The van der Waals surface area contributed by atoms with E-state index in [0.29, 0.717) is 10.0 Å². The summed E-state index contributed by atoms with van der Waals surface area (Å²) in [5.41, 5.74) is 0.429. The Morgan fingerprint density at radius 1 is 1.53 bits per heavy atom. The molecule has 0 spiro atoms. The standard InChI is InChI=1S/C9H7BrFNO2.ClH/c10-5-2-1-3-6(11)8(5)7-4-14-9(13)12-7;/h1-3,7H,4H2,(H,12,13);1H/t7-;/m1./s1. The lowest BCUT2D eigenvalue weighted by molar-refractivity contribution is 0.176. The fraction of sp³-hybridized carbons (Fsp3) is 0.222. The van der Waals surface area contributed by atoms with E-state index in [1.807, 2.05) is 0 Å². The summed E-state index contributed by atoms with van der Waals surface area (Å²) in [5.74, 6) is -0.352. The third-order valence-corrected chi connectivity index (χ3v) is 2.71. The van der Waals surface area contributed by atoms with E-state index >= 15 is 0 Å². The minimum Gasteiger partial charge on any atom is -0.447 e. The average Bonchev–Trinajstić information content (AvgIpc) is 2.51. The van der Waals surface area contributed by atoms with Gasteiger partial charge in [-0.25, -0.2) is 9.18 Å². The van der Waals surface area contributed by atoms with Gasteiger partial charge in [-0.2, -0.15) is 0 Å². The van der Waals surface area contributed by atoms with Gasteiger partial charge in [-0.05, 0) is 12.1 Å². The second-order valence-electron chi connectivity index (χ2n) is 2.93. The van der Waals surface area contributed by atoms with Crippen molar-refractivity contribution in [1.29, 1.82) is 0 Å². The Kier molecular flexibility index (Phi) is 3.93. The monoisotopic (exact) mass is 295 g/mol. The van der Waals surface area contributed by atoms with Crippen LogP contribution in [0, 0.1) is 5.82 Å². The second kappa shape index (κ2) is 4.81. The van der Waals surface area contributed by atoms with Crippen LogP contribution in [0.15, 0.2) is 22.7 Å². The van der Waals surface area contributed by atoms with E-state index in [9.17, 15) is 9.18 Å². The number of cyclic esters (lactones) is 1. The Hall–Kier alpha value is -0.810. The van der Waals surface area contributed by atoms with E-state index < -0.39 is 12.1 Å². The largest absolute Gasteiger partial charge is 0.447 e. The van der Waals surface area contributed by atoms with Crippen molar-refractivity contribution in [3.8, 4) is 0 Å². The minimum atomic E-state index is -0.509. The van der Waals surface area contributed by atoms with Gasteiger partial charge in [0.25, 0.3) is 0 Å². The summed E-state index contributed by atoms with van der Waals surface area (Å²) >= 11 is 3.23. The summed E-state index contributed by atoms with van der Waals surface area (Å²) in [6, 6.07) is 4.27. The molecule has 1 aromatic rings. The van der Waals surface area contributed by atoms with E-state index in [0.717, 1.165) is 0 Å².